The fraction of sp³-hybridized carbons (Fsp3) is 0.333. The average Bonchev–Trinajstić information content (AvgIpc) is 2.98. The number of fused-ring (bicyclic) bond motifs is 1. The molecule has 3 rings (SSSR count). The zero-order chi connectivity index (χ0) is 12.4. The van der Waals surface area contributed by atoms with Crippen molar-refractivity contribution in [2.45, 2.75) is 12.8 Å². The molecule has 0 amide bonds. The molecule has 2 heterocycles. The first kappa shape index (κ1) is 11.0. The van der Waals surface area contributed by atoms with E-state index in [1.807, 2.05) is 18.2 Å². The maximum absolute atomic E-state index is 5.47. The first-order valence-electron chi connectivity index (χ1n) is 5.75. The first-order valence-corrected chi connectivity index (χ1v) is 5.75. The zero-order valence-electron chi connectivity index (χ0n) is 9.76. The summed E-state index contributed by atoms with van der Waals surface area (Å²) in [5.74, 6) is 2.69. The van der Waals surface area contributed by atoms with Crippen LogP contribution in [0.4, 0.5) is 0 Å². The Morgan fingerprint density at radius 1 is 1.11 bits per heavy atom. The largest absolute Gasteiger partial charge is 0.454 e. The maximum atomic E-state index is 5.47. The van der Waals surface area contributed by atoms with Crippen LogP contribution in [0.5, 0.6) is 11.5 Å². The summed E-state index contributed by atoms with van der Waals surface area (Å²) in [5.41, 5.74) is 6.47. The Labute approximate surface area is 104 Å². The molecule has 2 N–H and O–H groups in total. The van der Waals surface area contributed by atoms with Crippen LogP contribution in [0.3, 0.4) is 0 Å². The number of aromatic nitrogens is 2. The molecule has 1 aromatic carbocycles. The molecule has 1 aliphatic heterocycles. The van der Waals surface area contributed by atoms with Gasteiger partial charge in [0.25, 0.3) is 0 Å². The molecule has 1 aliphatic rings. The summed E-state index contributed by atoms with van der Waals surface area (Å²) in [7, 11) is 0. The summed E-state index contributed by atoms with van der Waals surface area (Å²) in [6, 6.07) is 5.77. The fourth-order valence-corrected chi connectivity index (χ4v) is 1.81. The molecule has 0 aliphatic carbocycles. The number of rotatable bonds is 4. The van der Waals surface area contributed by atoms with Crippen LogP contribution in [0.25, 0.3) is 0 Å². The molecule has 1 aromatic heterocycles. The molecular formula is C12H13N3O3. The van der Waals surface area contributed by atoms with Gasteiger partial charge in [0.05, 0.1) is 6.42 Å². The highest BCUT2D eigenvalue weighted by atomic mass is 16.7. The van der Waals surface area contributed by atoms with Crippen molar-refractivity contribution in [3.05, 3.63) is 35.5 Å². The summed E-state index contributed by atoms with van der Waals surface area (Å²) in [4.78, 5) is 0. The van der Waals surface area contributed by atoms with Crippen LogP contribution in [-0.2, 0) is 12.8 Å². The standard InChI is InChI=1S/C12H13N3O3/c13-4-3-11-14-15-12(18-11)6-8-1-2-9-10(5-8)17-7-16-9/h1-2,5H,3-4,6-7,13H2. The van der Waals surface area contributed by atoms with E-state index in [-0.39, 0.29) is 6.79 Å². The quantitative estimate of drug-likeness (QED) is 0.863. The second kappa shape index (κ2) is 4.66. The van der Waals surface area contributed by atoms with Crippen molar-refractivity contribution in [3.63, 3.8) is 0 Å². The van der Waals surface area contributed by atoms with Crippen LogP contribution in [0, 0.1) is 0 Å². The summed E-state index contributed by atoms with van der Waals surface area (Å²) in [5, 5.41) is 7.90. The summed E-state index contributed by atoms with van der Waals surface area (Å²) in [6.07, 6.45) is 1.18. The minimum atomic E-state index is 0.278. The van der Waals surface area contributed by atoms with Gasteiger partial charge in [0.15, 0.2) is 11.5 Å². The van der Waals surface area contributed by atoms with Crippen molar-refractivity contribution >= 4 is 0 Å². The average molecular weight is 247 g/mol. The van der Waals surface area contributed by atoms with Gasteiger partial charge in [0.2, 0.25) is 18.6 Å². The van der Waals surface area contributed by atoms with E-state index in [1.54, 1.807) is 0 Å². The number of ether oxygens (including phenoxy) is 2. The lowest BCUT2D eigenvalue weighted by molar-refractivity contribution is 0.174. The Kier molecular flexibility index (Phi) is 2.85. The molecule has 0 radical (unpaired) electrons. The second-order valence-electron chi connectivity index (χ2n) is 3.99. The van der Waals surface area contributed by atoms with Gasteiger partial charge in [-0.05, 0) is 17.7 Å². The Morgan fingerprint density at radius 2 is 1.94 bits per heavy atom. The van der Waals surface area contributed by atoms with E-state index in [1.165, 1.54) is 0 Å². The third kappa shape index (κ3) is 2.14. The van der Waals surface area contributed by atoms with Gasteiger partial charge in [-0.1, -0.05) is 6.07 Å². The Balaban J connectivity index is 1.75. The molecule has 0 atom stereocenters. The monoisotopic (exact) mass is 247 g/mol. The van der Waals surface area contributed by atoms with E-state index in [2.05, 4.69) is 10.2 Å². The van der Waals surface area contributed by atoms with Crippen LogP contribution in [-0.4, -0.2) is 23.5 Å². The van der Waals surface area contributed by atoms with Crippen LogP contribution < -0.4 is 15.2 Å². The molecule has 94 valence electrons. The smallest absolute Gasteiger partial charge is 0.231 e. The first-order chi connectivity index (χ1) is 8.85. The van der Waals surface area contributed by atoms with E-state index in [0.29, 0.717) is 31.2 Å². The van der Waals surface area contributed by atoms with Crippen LogP contribution in [0.2, 0.25) is 0 Å². The van der Waals surface area contributed by atoms with Crippen molar-refractivity contribution in [1.82, 2.24) is 10.2 Å². The van der Waals surface area contributed by atoms with Crippen molar-refractivity contribution in [1.29, 1.82) is 0 Å². The van der Waals surface area contributed by atoms with Crippen molar-refractivity contribution < 1.29 is 13.9 Å². The number of benzene rings is 1. The van der Waals surface area contributed by atoms with Gasteiger partial charge in [-0.2, -0.15) is 0 Å². The predicted molar refractivity (Wildman–Crippen MR) is 62.4 cm³/mol. The summed E-state index contributed by atoms with van der Waals surface area (Å²) >= 11 is 0. The highest BCUT2D eigenvalue weighted by Crippen LogP contribution is 2.32. The third-order valence-corrected chi connectivity index (χ3v) is 2.66. The zero-order valence-corrected chi connectivity index (χ0v) is 9.76. The summed E-state index contributed by atoms with van der Waals surface area (Å²) < 4.78 is 16.0. The van der Waals surface area contributed by atoms with Gasteiger partial charge >= 0.3 is 0 Å². The molecule has 0 bridgehead atoms. The number of nitrogens with two attached hydrogens (primary N) is 1. The van der Waals surface area contributed by atoms with Gasteiger partial charge in [-0.15, -0.1) is 10.2 Å². The summed E-state index contributed by atoms with van der Waals surface area (Å²) in [6.45, 7) is 0.783. The maximum Gasteiger partial charge on any atom is 0.231 e. The van der Waals surface area contributed by atoms with Crippen LogP contribution >= 0.6 is 0 Å². The molecule has 6 heteroatoms. The predicted octanol–water partition coefficient (Wildman–Crippen LogP) is 0.890. The lowest BCUT2D eigenvalue weighted by atomic mass is 10.1. The van der Waals surface area contributed by atoms with Gasteiger partial charge < -0.3 is 19.6 Å². The number of hydrogen-bond donors (Lipinski definition) is 1. The molecule has 18 heavy (non-hydrogen) atoms. The Bertz CT molecular complexity index is 553. The lowest BCUT2D eigenvalue weighted by Gasteiger charge is -1.99. The normalized spacial score (nSPS) is 12.9. The molecule has 0 saturated carbocycles. The highest BCUT2D eigenvalue weighted by Gasteiger charge is 2.14. The fourth-order valence-electron chi connectivity index (χ4n) is 1.81. The lowest BCUT2D eigenvalue weighted by Crippen LogP contribution is -2.02. The van der Waals surface area contributed by atoms with Crippen LogP contribution in [0.1, 0.15) is 17.3 Å². The molecule has 2 aromatic rings. The SMILES string of the molecule is NCCc1nnc(Cc2ccc3c(c2)OCO3)o1. The molecular weight excluding hydrogens is 234 g/mol. The molecule has 6 nitrogen and oxygen atoms in total. The number of hydrogen-bond acceptors (Lipinski definition) is 6. The topological polar surface area (TPSA) is 83.4 Å². The number of nitrogens with zero attached hydrogens (tertiary/aromatic N) is 2. The van der Waals surface area contributed by atoms with Gasteiger partial charge in [-0.3, -0.25) is 0 Å². The minimum absolute atomic E-state index is 0.278. The Morgan fingerprint density at radius 3 is 2.83 bits per heavy atom. The van der Waals surface area contributed by atoms with Gasteiger partial charge in [0.1, 0.15) is 0 Å². The van der Waals surface area contributed by atoms with Crippen molar-refractivity contribution in [2.75, 3.05) is 13.3 Å². The van der Waals surface area contributed by atoms with Gasteiger partial charge in [0, 0.05) is 13.0 Å². The highest BCUT2D eigenvalue weighted by molar-refractivity contribution is 5.44. The molecule has 0 spiro atoms. The van der Waals surface area contributed by atoms with E-state index < -0.39 is 0 Å². The van der Waals surface area contributed by atoms with Crippen molar-refractivity contribution in [3.8, 4) is 11.5 Å². The van der Waals surface area contributed by atoms with Crippen molar-refractivity contribution in [2.24, 2.45) is 5.73 Å². The molecule has 0 saturated heterocycles. The van der Waals surface area contributed by atoms with E-state index in [9.17, 15) is 0 Å². The van der Waals surface area contributed by atoms with Gasteiger partial charge in [-0.25, -0.2) is 0 Å². The minimum Gasteiger partial charge on any atom is -0.454 e. The Hall–Kier alpha value is -2.08. The molecule has 0 unspecified atom stereocenters. The van der Waals surface area contributed by atoms with E-state index >= 15 is 0 Å². The second-order valence-corrected chi connectivity index (χ2v) is 3.99. The molecule has 0 fully saturated rings. The third-order valence-electron chi connectivity index (χ3n) is 2.66. The van der Waals surface area contributed by atoms with E-state index in [0.717, 1.165) is 17.1 Å². The van der Waals surface area contributed by atoms with E-state index in [4.69, 9.17) is 19.6 Å². The van der Waals surface area contributed by atoms with Crippen LogP contribution in [0.15, 0.2) is 22.6 Å².